The van der Waals surface area contributed by atoms with E-state index in [1.165, 1.54) is 0 Å². The Morgan fingerprint density at radius 2 is 2.08 bits per heavy atom. The number of aromatic nitrogens is 1. The zero-order chi connectivity index (χ0) is 17.2. The van der Waals surface area contributed by atoms with E-state index in [-0.39, 0.29) is 17.3 Å². The van der Waals surface area contributed by atoms with Crippen molar-refractivity contribution in [1.29, 1.82) is 0 Å². The lowest BCUT2D eigenvalue weighted by molar-refractivity contribution is -0.121. The number of hydrogen-bond donors (Lipinski definition) is 1. The van der Waals surface area contributed by atoms with Crippen LogP contribution in [0.3, 0.4) is 0 Å². The Balaban J connectivity index is 1.99. The molecule has 0 radical (unpaired) electrons. The van der Waals surface area contributed by atoms with Crippen LogP contribution in [-0.2, 0) is 4.79 Å². The number of aryl methyl sites for hydroxylation is 1. The third-order valence-electron chi connectivity index (χ3n) is 4.85. The Kier molecular flexibility index (Phi) is 3.14. The van der Waals surface area contributed by atoms with E-state index >= 15 is 0 Å². The van der Waals surface area contributed by atoms with Gasteiger partial charge in [-0.25, -0.2) is 14.4 Å². The van der Waals surface area contributed by atoms with Crippen molar-refractivity contribution in [2.24, 2.45) is 4.99 Å². The lowest BCUT2D eigenvalue weighted by Crippen LogP contribution is -2.58. The maximum Gasteiger partial charge on any atom is 0.248 e. The smallest absolute Gasteiger partial charge is 0.248 e. The molecule has 1 atom stereocenters. The molecule has 24 heavy (non-hydrogen) atoms. The minimum atomic E-state index is -0.510. The summed E-state index contributed by atoms with van der Waals surface area (Å²) in [5, 5.41) is 2.77. The third kappa shape index (κ3) is 1.96. The van der Waals surface area contributed by atoms with Crippen molar-refractivity contribution in [1.82, 2.24) is 14.8 Å². The zero-order valence-corrected chi connectivity index (χ0v) is 13.9. The molecule has 7 nitrogen and oxygen atoms in total. The number of carbonyl (C=O) groups is 1. The van der Waals surface area contributed by atoms with Gasteiger partial charge >= 0.3 is 0 Å². The molecule has 4 rings (SSSR count). The first-order chi connectivity index (χ1) is 11.4. The quantitative estimate of drug-likeness (QED) is 0.761. The molecule has 1 unspecified atom stereocenters. The van der Waals surface area contributed by atoms with Crippen molar-refractivity contribution in [3.63, 3.8) is 0 Å². The molecule has 126 valence electrons. The number of anilines is 2. The summed E-state index contributed by atoms with van der Waals surface area (Å²) in [7, 11) is 3.76. The largest absolute Gasteiger partial charge is 0.341 e. The van der Waals surface area contributed by atoms with Crippen LogP contribution in [0.1, 0.15) is 11.3 Å². The molecule has 1 amide bonds. The van der Waals surface area contributed by atoms with Crippen LogP contribution < -0.4 is 10.2 Å². The number of amides is 1. The summed E-state index contributed by atoms with van der Waals surface area (Å²) in [6.07, 6.45) is 0. The van der Waals surface area contributed by atoms with Gasteiger partial charge < -0.3 is 20.0 Å². The first-order valence-corrected chi connectivity index (χ1v) is 7.86. The number of fused-ring (bicyclic) bond motifs is 2. The van der Waals surface area contributed by atoms with Gasteiger partial charge in [-0.15, -0.1) is 0 Å². The van der Waals surface area contributed by atoms with E-state index in [0.717, 1.165) is 6.54 Å². The summed E-state index contributed by atoms with van der Waals surface area (Å²) in [6, 6.07) is -0.418. The molecule has 0 aromatic carbocycles. The second kappa shape index (κ2) is 5.01. The number of hydrogen-bond acceptors (Lipinski definition) is 6. The lowest BCUT2D eigenvalue weighted by atomic mass is 10.1. The molecule has 3 aliphatic rings. The average molecular weight is 330 g/mol. The van der Waals surface area contributed by atoms with E-state index in [9.17, 15) is 9.18 Å². The minimum Gasteiger partial charge on any atom is -0.341 e. The van der Waals surface area contributed by atoms with Gasteiger partial charge in [0.1, 0.15) is 23.5 Å². The van der Waals surface area contributed by atoms with Crippen LogP contribution in [0, 0.1) is 12.7 Å². The highest BCUT2D eigenvalue weighted by Crippen LogP contribution is 2.38. The van der Waals surface area contributed by atoms with Gasteiger partial charge in [-0.05, 0) is 14.0 Å². The van der Waals surface area contributed by atoms with Gasteiger partial charge in [0, 0.05) is 26.7 Å². The molecule has 1 fully saturated rings. The fraction of sp³-hybridized carbons (Fsp3) is 0.438. The summed E-state index contributed by atoms with van der Waals surface area (Å²) in [4.78, 5) is 27.4. The third-order valence-corrected chi connectivity index (χ3v) is 4.85. The Labute approximate surface area is 139 Å². The maximum absolute atomic E-state index is 14.7. The van der Waals surface area contributed by atoms with Gasteiger partial charge in [-0.2, -0.15) is 0 Å². The average Bonchev–Trinajstić information content (AvgIpc) is 2.66. The van der Waals surface area contributed by atoms with Crippen LogP contribution in [0.4, 0.5) is 15.9 Å². The number of piperazine rings is 1. The van der Waals surface area contributed by atoms with Crippen molar-refractivity contribution >= 4 is 23.2 Å². The Bertz CT molecular complexity index is 804. The molecule has 0 saturated carbocycles. The van der Waals surface area contributed by atoms with Gasteiger partial charge in [-0.1, -0.05) is 6.58 Å². The number of nitrogens with zero attached hydrogens (tertiary/aromatic N) is 5. The number of likely N-dealkylation sites (N-methyl/N-ethyl adjacent to an activating group) is 1. The van der Waals surface area contributed by atoms with Gasteiger partial charge in [-0.3, -0.25) is 4.79 Å². The second-order valence-electron chi connectivity index (χ2n) is 6.46. The van der Waals surface area contributed by atoms with E-state index in [0.29, 0.717) is 36.1 Å². The van der Waals surface area contributed by atoms with Crippen LogP contribution >= 0.6 is 0 Å². The zero-order valence-electron chi connectivity index (χ0n) is 13.9. The number of pyridine rings is 1. The molecular weight excluding hydrogens is 311 g/mol. The maximum atomic E-state index is 14.7. The molecule has 8 heteroatoms. The minimum absolute atomic E-state index is 0.164. The van der Waals surface area contributed by atoms with E-state index in [1.54, 1.807) is 18.9 Å². The van der Waals surface area contributed by atoms with Crippen molar-refractivity contribution in [3.05, 3.63) is 29.5 Å². The monoisotopic (exact) mass is 330 g/mol. The SMILES string of the molecule is C=C1N=C2c3c(nc(C)c(F)c3NC(=O)C3CN(C)CCN23)N1C. The Morgan fingerprint density at radius 3 is 2.83 bits per heavy atom. The van der Waals surface area contributed by atoms with Crippen molar-refractivity contribution < 1.29 is 9.18 Å². The predicted octanol–water partition coefficient (Wildman–Crippen LogP) is 0.765. The van der Waals surface area contributed by atoms with E-state index < -0.39 is 11.9 Å². The summed E-state index contributed by atoms with van der Waals surface area (Å²) < 4.78 is 14.7. The molecule has 0 spiro atoms. The highest BCUT2D eigenvalue weighted by atomic mass is 19.1. The fourth-order valence-electron chi connectivity index (χ4n) is 3.43. The molecule has 3 aliphatic heterocycles. The molecule has 1 aromatic heterocycles. The van der Waals surface area contributed by atoms with Gasteiger partial charge in [0.25, 0.3) is 0 Å². The van der Waals surface area contributed by atoms with Crippen LogP contribution in [0.25, 0.3) is 0 Å². The predicted molar refractivity (Wildman–Crippen MR) is 89.6 cm³/mol. The van der Waals surface area contributed by atoms with Gasteiger partial charge in [0.05, 0.1) is 16.9 Å². The summed E-state index contributed by atoms with van der Waals surface area (Å²) in [5.41, 5.74) is 0.938. The summed E-state index contributed by atoms with van der Waals surface area (Å²) in [5.74, 6) is 0.932. The first kappa shape index (κ1) is 15.1. The molecule has 4 heterocycles. The molecular formula is C16H19FN6O. The van der Waals surface area contributed by atoms with E-state index in [4.69, 9.17) is 0 Å². The van der Waals surface area contributed by atoms with Crippen LogP contribution in [-0.4, -0.2) is 66.3 Å². The topological polar surface area (TPSA) is 64.1 Å². The normalized spacial score (nSPS) is 23.3. The fourth-order valence-corrected chi connectivity index (χ4v) is 3.43. The van der Waals surface area contributed by atoms with Crippen LogP contribution in [0.5, 0.6) is 0 Å². The standard InChI is InChI=1S/C16H19FN6O/c1-8-12(17)13-11-14(18-8)22(4)9(2)19-15(11)23-6-5-21(3)7-10(23)16(24)20-13/h10H,2,5-7H2,1,3-4H3,(H,20,24). The number of rotatable bonds is 0. The molecule has 0 aliphatic carbocycles. The number of amidine groups is 1. The first-order valence-electron chi connectivity index (χ1n) is 7.86. The number of nitrogens with one attached hydrogen (secondary N) is 1. The van der Waals surface area contributed by atoms with Gasteiger partial charge in [0.2, 0.25) is 5.91 Å². The van der Waals surface area contributed by atoms with E-state index in [2.05, 4.69) is 26.8 Å². The Morgan fingerprint density at radius 1 is 1.33 bits per heavy atom. The van der Waals surface area contributed by atoms with Crippen molar-refractivity contribution in [2.75, 3.05) is 43.9 Å². The van der Waals surface area contributed by atoms with Crippen LogP contribution in [0.2, 0.25) is 0 Å². The lowest BCUT2D eigenvalue weighted by Gasteiger charge is -2.40. The number of halogens is 1. The van der Waals surface area contributed by atoms with Crippen LogP contribution in [0.15, 0.2) is 17.4 Å². The van der Waals surface area contributed by atoms with Gasteiger partial charge in [0.15, 0.2) is 5.82 Å². The highest BCUT2D eigenvalue weighted by molar-refractivity contribution is 6.16. The molecule has 1 N–H and O–H groups in total. The number of carbonyl (C=O) groups excluding carboxylic acids is 1. The number of aliphatic imine (C=N–C) groups is 1. The Hall–Kier alpha value is -2.48. The molecule has 0 bridgehead atoms. The van der Waals surface area contributed by atoms with Crippen molar-refractivity contribution in [2.45, 2.75) is 13.0 Å². The molecule has 1 aromatic rings. The van der Waals surface area contributed by atoms with Crippen molar-refractivity contribution in [3.8, 4) is 0 Å². The second-order valence-corrected chi connectivity index (χ2v) is 6.46. The summed E-state index contributed by atoms with van der Waals surface area (Å²) >= 11 is 0. The summed E-state index contributed by atoms with van der Waals surface area (Å²) in [6.45, 7) is 7.55. The van der Waals surface area contributed by atoms with E-state index in [1.807, 2.05) is 11.9 Å². The highest BCUT2D eigenvalue weighted by Gasteiger charge is 2.42. The molecule has 1 saturated heterocycles.